The van der Waals surface area contributed by atoms with Crippen LogP contribution in [0.4, 0.5) is 0 Å². The minimum Gasteiger partial charge on any atom is -0.390 e. The van der Waals surface area contributed by atoms with Crippen LogP contribution in [-0.4, -0.2) is 51.1 Å². The van der Waals surface area contributed by atoms with Gasteiger partial charge in [0, 0.05) is 31.2 Å². The number of β-amino-alcohol motifs (C(OH)–C–C–N with tert-alkyl or cyclic N) is 1. The van der Waals surface area contributed by atoms with Gasteiger partial charge in [0.1, 0.15) is 5.69 Å². The molecule has 1 aliphatic heterocycles. The monoisotopic (exact) mass is 366 g/mol. The van der Waals surface area contributed by atoms with E-state index in [1.807, 2.05) is 12.3 Å². The second kappa shape index (κ2) is 7.57. The number of carbonyl (C=O) groups is 1. The highest BCUT2D eigenvalue weighted by Crippen LogP contribution is 2.16. The number of piperidine rings is 1. The lowest BCUT2D eigenvalue weighted by atomic mass is 10.0. The summed E-state index contributed by atoms with van der Waals surface area (Å²) in [6, 6.07) is 2.92. The lowest BCUT2D eigenvalue weighted by molar-refractivity contribution is 0.0344. The smallest absolute Gasteiger partial charge is 0.270 e. The molecule has 0 saturated carbocycles. The van der Waals surface area contributed by atoms with E-state index in [2.05, 4.69) is 20.2 Å². The molecule has 1 aliphatic rings. The fourth-order valence-electron chi connectivity index (χ4n) is 2.77. The van der Waals surface area contributed by atoms with Crippen LogP contribution in [-0.2, 0) is 6.54 Å². The van der Waals surface area contributed by atoms with Crippen molar-refractivity contribution in [2.24, 2.45) is 0 Å². The number of nitrogens with zero attached hydrogens (tertiary/aromatic N) is 3. The third-order valence-electron chi connectivity index (χ3n) is 3.99. The SMILES string of the molecule is Cc1nc(CN2CC[C@@H](NC(=O)c3ccc(Cl)cn3)[C@H](O)C2)cs1. The quantitative estimate of drug-likeness (QED) is 0.863. The Balaban J connectivity index is 1.53. The van der Waals surface area contributed by atoms with E-state index >= 15 is 0 Å². The highest BCUT2D eigenvalue weighted by molar-refractivity contribution is 7.09. The Hall–Kier alpha value is -1.54. The van der Waals surface area contributed by atoms with Gasteiger partial charge in [-0.2, -0.15) is 0 Å². The Labute approximate surface area is 149 Å². The summed E-state index contributed by atoms with van der Waals surface area (Å²) in [5.74, 6) is -0.292. The highest BCUT2D eigenvalue weighted by atomic mass is 35.5. The molecule has 1 amide bonds. The van der Waals surface area contributed by atoms with Crippen molar-refractivity contribution in [3.63, 3.8) is 0 Å². The van der Waals surface area contributed by atoms with Crippen molar-refractivity contribution in [3.05, 3.63) is 45.1 Å². The molecule has 128 valence electrons. The predicted octanol–water partition coefficient (Wildman–Crippen LogP) is 1.87. The minimum absolute atomic E-state index is 0.275. The zero-order chi connectivity index (χ0) is 17.1. The highest BCUT2D eigenvalue weighted by Gasteiger charge is 2.29. The van der Waals surface area contributed by atoms with Crippen LogP contribution in [0.15, 0.2) is 23.7 Å². The molecular weight excluding hydrogens is 348 g/mol. The maximum absolute atomic E-state index is 12.2. The number of aliphatic hydroxyl groups is 1. The molecule has 0 unspecified atom stereocenters. The summed E-state index contributed by atoms with van der Waals surface area (Å²) in [6.45, 7) is 4.01. The van der Waals surface area contributed by atoms with Crippen LogP contribution in [0.3, 0.4) is 0 Å². The summed E-state index contributed by atoms with van der Waals surface area (Å²) in [4.78, 5) is 22.8. The molecule has 1 saturated heterocycles. The maximum atomic E-state index is 12.2. The molecule has 0 spiro atoms. The molecule has 6 nitrogen and oxygen atoms in total. The van der Waals surface area contributed by atoms with Gasteiger partial charge in [-0.1, -0.05) is 11.6 Å². The molecule has 1 fully saturated rings. The third-order valence-corrected chi connectivity index (χ3v) is 5.04. The second-order valence-corrected chi connectivity index (χ2v) is 7.39. The number of thiazole rings is 1. The van der Waals surface area contributed by atoms with Gasteiger partial charge in [-0.3, -0.25) is 9.69 Å². The number of likely N-dealkylation sites (tertiary alicyclic amines) is 1. The molecule has 2 aromatic heterocycles. The number of pyridine rings is 1. The Morgan fingerprint density at radius 1 is 1.54 bits per heavy atom. The molecule has 3 heterocycles. The van der Waals surface area contributed by atoms with Gasteiger partial charge >= 0.3 is 0 Å². The van der Waals surface area contributed by atoms with Gasteiger partial charge in [-0.25, -0.2) is 9.97 Å². The van der Waals surface area contributed by atoms with Crippen molar-refractivity contribution >= 4 is 28.8 Å². The van der Waals surface area contributed by atoms with Crippen molar-refractivity contribution in [3.8, 4) is 0 Å². The van der Waals surface area contributed by atoms with Gasteiger partial charge in [0.05, 0.1) is 27.9 Å². The van der Waals surface area contributed by atoms with E-state index in [0.717, 1.165) is 23.8 Å². The van der Waals surface area contributed by atoms with Crippen LogP contribution in [0.1, 0.15) is 27.6 Å². The lowest BCUT2D eigenvalue weighted by Gasteiger charge is -2.35. The van der Waals surface area contributed by atoms with E-state index in [1.54, 1.807) is 23.5 Å². The first kappa shape index (κ1) is 17.3. The summed E-state index contributed by atoms with van der Waals surface area (Å²) < 4.78 is 0. The summed E-state index contributed by atoms with van der Waals surface area (Å²) in [6.07, 6.45) is 1.50. The summed E-state index contributed by atoms with van der Waals surface area (Å²) in [5.41, 5.74) is 1.32. The maximum Gasteiger partial charge on any atom is 0.270 e. The average molecular weight is 367 g/mol. The summed E-state index contributed by atoms with van der Waals surface area (Å²) in [7, 11) is 0. The number of rotatable bonds is 4. The van der Waals surface area contributed by atoms with Crippen LogP contribution in [0.2, 0.25) is 5.02 Å². The number of amides is 1. The predicted molar refractivity (Wildman–Crippen MR) is 93.3 cm³/mol. The zero-order valence-corrected chi connectivity index (χ0v) is 14.8. The fourth-order valence-corrected chi connectivity index (χ4v) is 3.49. The van der Waals surface area contributed by atoms with Crippen molar-refractivity contribution in [1.29, 1.82) is 0 Å². The number of aryl methyl sites for hydroxylation is 1. The van der Waals surface area contributed by atoms with Crippen molar-refractivity contribution < 1.29 is 9.90 Å². The molecular formula is C16H19ClN4O2S. The Morgan fingerprint density at radius 2 is 2.38 bits per heavy atom. The zero-order valence-electron chi connectivity index (χ0n) is 13.3. The molecule has 3 rings (SSSR count). The normalized spacial score (nSPS) is 21.6. The Kier molecular flexibility index (Phi) is 5.45. The van der Waals surface area contributed by atoms with E-state index < -0.39 is 6.10 Å². The molecule has 2 atom stereocenters. The lowest BCUT2D eigenvalue weighted by Crippen LogP contribution is -2.53. The number of nitrogens with one attached hydrogen (secondary N) is 1. The number of halogens is 1. The standard InChI is InChI=1S/C16H19ClN4O2S/c1-10-19-12(9-24-10)7-21-5-4-13(15(22)8-21)20-16(23)14-3-2-11(17)6-18-14/h2-3,6,9,13,15,22H,4-5,7-8H2,1H3,(H,20,23)/t13-,15-/m1/s1. The third kappa shape index (κ3) is 4.30. The average Bonchev–Trinajstić information content (AvgIpc) is 2.95. The molecule has 0 aliphatic carbocycles. The van der Waals surface area contributed by atoms with Crippen molar-refractivity contribution in [2.45, 2.75) is 32.0 Å². The fraction of sp³-hybridized carbons (Fsp3) is 0.438. The molecule has 24 heavy (non-hydrogen) atoms. The topological polar surface area (TPSA) is 78.4 Å². The molecule has 0 bridgehead atoms. The second-order valence-electron chi connectivity index (χ2n) is 5.89. The van der Waals surface area contributed by atoms with E-state index in [1.165, 1.54) is 6.20 Å². The number of hydrogen-bond acceptors (Lipinski definition) is 6. The molecule has 8 heteroatoms. The Morgan fingerprint density at radius 3 is 3.00 bits per heavy atom. The van der Waals surface area contributed by atoms with Gasteiger partial charge in [0.2, 0.25) is 0 Å². The number of carbonyl (C=O) groups excluding carboxylic acids is 1. The molecule has 2 aromatic rings. The molecule has 2 N–H and O–H groups in total. The van der Waals surface area contributed by atoms with Crippen molar-refractivity contribution in [1.82, 2.24) is 20.2 Å². The summed E-state index contributed by atoms with van der Waals surface area (Å²) in [5, 5.41) is 16.8. The van der Waals surface area contributed by atoms with E-state index in [9.17, 15) is 9.90 Å². The van der Waals surface area contributed by atoms with E-state index in [4.69, 9.17) is 11.6 Å². The van der Waals surface area contributed by atoms with Crippen LogP contribution in [0.25, 0.3) is 0 Å². The van der Waals surface area contributed by atoms with Crippen LogP contribution >= 0.6 is 22.9 Å². The first-order valence-electron chi connectivity index (χ1n) is 7.75. The molecule has 0 radical (unpaired) electrons. The molecule has 0 aromatic carbocycles. The first-order valence-corrected chi connectivity index (χ1v) is 9.01. The van der Waals surface area contributed by atoms with Gasteiger partial charge < -0.3 is 10.4 Å². The van der Waals surface area contributed by atoms with Gasteiger partial charge in [-0.15, -0.1) is 11.3 Å². The van der Waals surface area contributed by atoms with Crippen LogP contribution in [0.5, 0.6) is 0 Å². The van der Waals surface area contributed by atoms with E-state index in [0.29, 0.717) is 23.7 Å². The summed E-state index contributed by atoms with van der Waals surface area (Å²) >= 11 is 7.40. The van der Waals surface area contributed by atoms with Crippen molar-refractivity contribution in [2.75, 3.05) is 13.1 Å². The van der Waals surface area contributed by atoms with Gasteiger partial charge in [-0.05, 0) is 25.5 Å². The van der Waals surface area contributed by atoms with Gasteiger partial charge in [0.15, 0.2) is 0 Å². The van der Waals surface area contributed by atoms with Gasteiger partial charge in [0.25, 0.3) is 5.91 Å². The van der Waals surface area contributed by atoms with E-state index in [-0.39, 0.29) is 11.9 Å². The van der Waals surface area contributed by atoms with Crippen LogP contribution in [0, 0.1) is 6.92 Å². The number of hydrogen-bond donors (Lipinski definition) is 2. The minimum atomic E-state index is -0.616. The number of aliphatic hydroxyl groups excluding tert-OH is 1. The number of aromatic nitrogens is 2. The largest absolute Gasteiger partial charge is 0.390 e. The first-order chi connectivity index (χ1) is 11.5. The Bertz CT molecular complexity index is 706. The van der Waals surface area contributed by atoms with Crippen LogP contribution < -0.4 is 5.32 Å².